The molecule has 0 saturated carbocycles. The van der Waals surface area contributed by atoms with Gasteiger partial charge in [0, 0.05) is 25.7 Å². The predicted octanol–water partition coefficient (Wildman–Crippen LogP) is 3.79. The number of nitrogens with zero attached hydrogens (tertiary/aromatic N) is 1. The highest BCUT2D eigenvalue weighted by Gasteiger charge is 2.17. The number of nitrogens with one attached hydrogen (secondary N) is 1. The van der Waals surface area contributed by atoms with Crippen LogP contribution in [0.4, 0.5) is 10.1 Å². The standard InChI is InChI=1S/C16H16ClFN2O/c1-19-15-13(4-3-5-14(15)18)16(21)20(2)10-11-6-8-12(17)9-7-11/h3-9,19H,10H2,1-2H3. The second kappa shape index (κ2) is 6.59. The quantitative estimate of drug-likeness (QED) is 0.932. The van der Waals surface area contributed by atoms with Crippen molar-refractivity contribution in [2.24, 2.45) is 0 Å². The van der Waals surface area contributed by atoms with Gasteiger partial charge in [-0.2, -0.15) is 0 Å². The molecule has 0 heterocycles. The normalized spacial score (nSPS) is 10.3. The molecule has 1 amide bonds. The number of carbonyl (C=O) groups is 1. The molecule has 0 aliphatic carbocycles. The van der Waals surface area contributed by atoms with Gasteiger partial charge in [0.15, 0.2) is 0 Å². The fourth-order valence-electron chi connectivity index (χ4n) is 2.10. The minimum Gasteiger partial charge on any atom is -0.385 e. The van der Waals surface area contributed by atoms with Gasteiger partial charge in [-0.25, -0.2) is 4.39 Å². The molecular formula is C16H16ClFN2O. The van der Waals surface area contributed by atoms with Crippen molar-refractivity contribution in [2.75, 3.05) is 19.4 Å². The third kappa shape index (κ3) is 3.52. The van der Waals surface area contributed by atoms with Crippen LogP contribution < -0.4 is 5.32 Å². The summed E-state index contributed by atoms with van der Waals surface area (Å²) >= 11 is 5.83. The summed E-state index contributed by atoms with van der Waals surface area (Å²) in [6.07, 6.45) is 0. The Bertz CT molecular complexity index is 643. The Labute approximate surface area is 128 Å². The molecule has 21 heavy (non-hydrogen) atoms. The van der Waals surface area contributed by atoms with Crippen LogP contribution in [0.25, 0.3) is 0 Å². The summed E-state index contributed by atoms with van der Waals surface area (Å²) < 4.78 is 13.7. The average molecular weight is 307 g/mol. The van der Waals surface area contributed by atoms with Crippen molar-refractivity contribution < 1.29 is 9.18 Å². The van der Waals surface area contributed by atoms with Crippen molar-refractivity contribution >= 4 is 23.2 Å². The Hall–Kier alpha value is -2.07. The van der Waals surface area contributed by atoms with E-state index >= 15 is 0 Å². The summed E-state index contributed by atoms with van der Waals surface area (Å²) in [4.78, 5) is 14.0. The fraction of sp³-hybridized carbons (Fsp3) is 0.188. The van der Waals surface area contributed by atoms with Crippen LogP contribution in [0.5, 0.6) is 0 Å². The number of amides is 1. The number of hydrogen-bond acceptors (Lipinski definition) is 2. The average Bonchev–Trinajstić information content (AvgIpc) is 2.48. The fourth-order valence-corrected chi connectivity index (χ4v) is 2.22. The van der Waals surface area contributed by atoms with Crippen LogP contribution in [-0.2, 0) is 6.54 Å². The second-order valence-corrected chi connectivity index (χ2v) is 5.14. The third-order valence-electron chi connectivity index (χ3n) is 3.17. The zero-order valence-corrected chi connectivity index (χ0v) is 12.6. The lowest BCUT2D eigenvalue weighted by molar-refractivity contribution is 0.0785. The summed E-state index contributed by atoms with van der Waals surface area (Å²) in [7, 11) is 3.27. The van der Waals surface area contributed by atoms with Crippen molar-refractivity contribution in [3.63, 3.8) is 0 Å². The summed E-state index contributed by atoms with van der Waals surface area (Å²) in [5.74, 6) is -0.683. The summed E-state index contributed by atoms with van der Waals surface area (Å²) in [5, 5.41) is 3.38. The van der Waals surface area contributed by atoms with E-state index in [9.17, 15) is 9.18 Å². The molecule has 0 unspecified atom stereocenters. The molecule has 0 aliphatic heterocycles. The molecule has 2 rings (SSSR count). The molecule has 0 atom stereocenters. The van der Waals surface area contributed by atoms with Crippen LogP contribution in [0, 0.1) is 5.82 Å². The number of halogens is 2. The molecular weight excluding hydrogens is 291 g/mol. The van der Waals surface area contributed by atoms with Crippen molar-refractivity contribution in [2.45, 2.75) is 6.54 Å². The lowest BCUT2D eigenvalue weighted by Crippen LogP contribution is -2.27. The first-order valence-corrected chi connectivity index (χ1v) is 6.87. The molecule has 2 aromatic carbocycles. The largest absolute Gasteiger partial charge is 0.385 e. The van der Waals surface area contributed by atoms with Crippen LogP contribution in [0.1, 0.15) is 15.9 Å². The van der Waals surface area contributed by atoms with Crippen LogP contribution >= 0.6 is 11.6 Å². The van der Waals surface area contributed by atoms with Crippen LogP contribution in [0.15, 0.2) is 42.5 Å². The first kappa shape index (κ1) is 15.3. The highest BCUT2D eigenvalue weighted by Crippen LogP contribution is 2.21. The molecule has 0 fully saturated rings. The minimum absolute atomic E-state index is 0.213. The van der Waals surface area contributed by atoms with E-state index in [-0.39, 0.29) is 11.6 Å². The molecule has 5 heteroatoms. The molecule has 0 aliphatic rings. The summed E-state index contributed by atoms with van der Waals surface area (Å²) in [5.41, 5.74) is 1.48. The number of carbonyl (C=O) groups excluding carboxylic acids is 1. The molecule has 0 bridgehead atoms. The number of anilines is 1. The van der Waals surface area contributed by atoms with E-state index in [0.717, 1.165) is 5.56 Å². The van der Waals surface area contributed by atoms with Gasteiger partial charge in [-0.15, -0.1) is 0 Å². The lowest BCUT2D eigenvalue weighted by atomic mass is 10.1. The van der Waals surface area contributed by atoms with E-state index < -0.39 is 5.82 Å². The second-order valence-electron chi connectivity index (χ2n) is 4.70. The summed E-state index contributed by atoms with van der Waals surface area (Å²) in [6.45, 7) is 0.426. The van der Waals surface area contributed by atoms with E-state index in [1.54, 1.807) is 37.2 Å². The van der Waals surface area contributed by atoms with Gasteiger partial charge in [0.1, 0.15) is 5.82 Å². The van der Waals surface area contributed by atoms with Crippen LogP contribution in [0.2, 0.25) is 5.02 Å². The van der Waals surface area contributed by atoms with Crippen molar-refractivity contribution in [1.82, 2.24) is 4.90 Å². The van der Waals surface area contributed by atoms with Gasteiger partial charge in [-0.05, 0) is 29.8 Å². The molecule has 1 N–H and O–H groups in total. The van der Waals surface area contributed by atoms with E-state index in [2.05, 4.69) is 5.32 Å². The molecule has 3 nitrogen and oxygen atoms in total. The topological polar surface area (TPSA) is 32.3 Å². The molecule has 0 aromatic heterocycles. The molecule has 0 spiro atoms. The van der Waals surface area contributed by atoms with Gasteiger partial charge in [0.2, 0.25) is 0 Å². The Morgan fingerprint density at radius 1 is 1.24 bits per heavy atom. The van der Waals surface area contributed by atoms with Gasteiger partial charge in [0.05, 0.1) is 11.3 Å². The maximum Gasteiger partial charge on any atom is 0.256 e. The summed E-state index contributed by atoms with van der Waals surface area (Å²) in [6, 6.07) is 11.7. The Balaban J connectivity index is 2.19. The number of benzene rings is 2. The number of rotatable bonds is 4. The Kier molecular flexibility index (Phi) is 4.81. The van der Waals surface area contributed by atoms with E-state index in [1.165, 1.54) is 12.1 Å². The van der Waals surface area contributed by atoms with Crippen molar-refractivity contribution in [3.05, 3.63) is 64.4 Å². The van der Waals surface area contributed by atoms with Gasteiger partial charge < -0.3 is 10.2 Å². The van der Waals surface area contributed by atoms with E-state index in [1.807, 2.05) is 12.1 Å². The Morgan fingerprint density at radius 3 is 2.52 bits per heavy atom. The van der Waals surface area contributed by atoms with Gasteiger partial charge in [0.25, 0.3) is 5.91 Å². The maximum absolute atomic E-state index is 13.7. The van der Waals surface area contributed by atoms with E-state index in [4.69, 9.17) is 11.6 Å². The highest BCUT2D eigenvalue weighted by atomic mass is 35.5. The molecule has 110 valence electrons. The lowest BCUT2D eigenvalue weighted by Gasteiger charge is -2.19. The smallest absolute Gasteiger partial charge is 0.256 e. The van der Waals surface area contributed by atoms with Gasteiger partial charge >= 0.3 is 0 Å². The maximum atomic E-state index is 13.7. The molecule has 2 aromatic rings. The first-order chi connectivity index (χ1) is 10.0. The predicted molar refractivity (Wildman–Crippen MR) is 83.2 cm³/mol. The van der Waals surface area contributed by atoms with Crippen molar-refractivity contribution in [3.8, 4) is 0 Å². The minimum atomic E-state index is -0.441. The first-order valence-electron chi connectivity index (χ1n) is 6.49. The van der Waals surface area contributed by atoms with Gasteiger partial charge in [-0.3, -0.25) is 4.79 Å². The van der Waals surface area contributed by atoms with E-state index in [0.29, 0.717) is 17.1 Å². The molecule has 0 saturated heterocycles. The highest BCUT2D eigenvalue weighted by molar-refractivity contribution is 6.30. The third-order valence-corrected chi connectivity index (χ3v) is 3.43. The monoisotopic (exact) mass is 306 g/mol. The zero-order valence-electron chi connectivity index (χ0n) is 11.9. The van der Waals surface area contributed by atoms with Gasteiger partial charge in [-0.1, -0.05) is 29.8 Å². The van der Waals surface area contributed by atoms with Crippen LogP contribution in [0.3, 0.4) is 0 Å². The van der Waals surface area contributed by atoms with Crippen LogP contribution in [-0.4, -0.2) is 24.9 Å². The molecule has 0 radical (unpaired) electrons. The number of para-hydroxylation sites is 1. The zero-order chi connectivity index (χ0) is 15.4. The van der Waals surface area contributed by atoms with Crippen molar-refractivity contribution in [1.29, 1.82) is 0 Å². The Morgan fingerprint density at radius 2 is 1.90 bits per heavy atom. The SMILES string of the molecule is CNc1c(F)cccc1C(=O)N(C)Cc1ccc(Cl)cc1. The number of hydrogen-bond donors (Lipinski definition) is 1.